The van der Waals surface area contributed by atoms with Gasteiger partial charge in [0.05, 0.1) is 0 Å². The van der Waals surface area contributed by atoms with E-state index in [4.69, 9.17) is 0 Å². The highest BCUT2D eigenvalue weighted by Gasteiger charge is 2.21. The van der Waals surface area contributed by atoms with Crippen molar-refractivity contribution >= 4 is 11.7 Å². The molecule has 6 heteroatoms. The van der Waals surface area contributed by atoms with Gasteiger partial charge in [0, 0.05) is 31.5 Å². The van der Waals surface area contributed by atoms with E-state index in [1.165, 1.54) is 24.3 Å². The molecule has 0 N–H and O–H groups in total. The molecule has 0 spiro atoms. The number of Topliss-reactive ketones (excluding diaryl/α,β-unsaturated/α-hetero) is 1. The van der Waals surface area contributed by atoms with Crippen molar-refractivity contribution in [2.45, 2.75) is 19.5 Å². The van der Waals surface area contributed by atoms with E-state index in [1.807, 2.05) is 0 Å². The molecule has 1 saturated heterocycles. The van der Waals surface area contributed by atoms with Gasteiger partial charge in [0.15, 0.2) is 0 Å². The first-order chi connectivity index (χ1) is 9.06. The minimum absolute atomic E-state index is 0.0142. The van der Waals surface area contributed by atoms with Crippen molar-refractivity contribution in [3.8, 4) is 5.75 Å². The van der Waals surface area contributed by atoms with E-state index in [0.717, 1.165) is 0 Å². The zero-order valence-electron chi connectivity index (χ0n) is 10.1. The molecular weight excluding hydrogens is 256 g/mol. The number of alkyl halides is 2. The summed E-state index contributed by atoms with van der Waals surface area (Å²) in [6.45, 7) is -2.06. The molecule has 4 nitrogen and oxygen atoms in total. The summed E-state index contributed by atoms with van der Waals surface area (Å²) in [5.41, 5.74) is 0.399. The van der Waals surface area contributed by atoms with Gasteiger partial charge < -0.3 is 9.64 Å². The molecule has 102 valence electrons. The highest BCUT2D eigenvalue weighted by Crippen LogP contribution is 2.17. The molecule has 1 aliphatic heterocycles. The fourth-order valence-electron chi connectivity index (χ4n) is 1.92. The van der Waals surface area contributed by atoms with Gasteiger partial charge in [0.25, 0.3) is 5.91 Å². The second-order valence-electron chi connectivity index (χ2n) is 4.23. The van der Waals surface area contributed by atoms with Crippen LogP contribution in [-0.2, 0) is 4.79 Å². The summed E-state index contributed by atoms with van der Waals surface area (Å²) in [5.74, 6) is -0.0267. The largest absolute Gasteiger partial charge is 0.435 e. The highest BCUT2D eigenvalue weighted by atomic mass is 19.3. The molecule has 1 aromatic rings. The van der Waals surface area contributed by atoms with Gasteiger partial charge in [-0.05, 0) is 24.3 Å². The van der Waals surface area contributed by atoms with Crippen LogP contribution >= 0.6 is 0 Å². The predicted molar refractivity (Wildman–Crippen MR) is 63.2 cm³/mol. The summed E-state index contributed by atoms with van der Waals surface area (Å²) >= 11 is 0. The monoisotopic (exact) mass is 269 g/mol. The Balaban J connectivity index is 2.01. The third-order valence-electron chi connectivity index (χ3n) is 2.93. The molecule has 0 unspecified atom stereocenters. The number of ether oxygens (including phenoxy) is 1. The summed E-state index contributed by atoms with van der Waals surface area (Å²) in [4.78, 5) is 24.7. The molecule has 0 aromatic heterocycles. The average Bonchev–Trinajstić information content (AvgIpc) is 2.39. The molecule has 1 amide bonds. The minimum atomic E-state index is -2.88. The van der Waals surface area contributed by atoms with E-state index in [2.05, 4.69) is 4.74 Å². The quantitative estimate of drug-likeness (QED) is 0.844. The number of hydrogen-bond acceptors (Lipinski definition) is 3. The maximum Gasteiger partial charge on any atom is 0.387 e. The summed E-state index contributed by atoms with van der Waals surface area (Å²) in [6.07, 6.45) is 0.747. The van der Waals surface area contributed by atoms with Gasteiger partial charge in [-0.25, -0.2) is 0 Å². The third-order valence-corrected chi connectivity index (χ3v) is 2.93. The number of carbonyl (C=O) groups is 2. The molecule has 1 fully saturated rings. The zero-order valence-corrected chi connectivity index (χ0v) is 10.1. The second-order valence-corrected chi connectivity index (χ2v) is 4.23. The number of benzene rings is 1. The van der Waals surface area contributed by atoms with Gasteiger partial charge in [0.2, 0.25) is 0 Å². The molecule has 1 aliphatic rings. The SMILES string of the molecule is O=C1CCN(C(=O)c2ccc(OC(F)F)cc2)CC1. The van der Waals surface area contributed by atoms with Crippen LogP contribution in [0.3, 0.4) is 0 Å². The van der Waals surface area contributed by atoms with E-state index < -0.39 is 6.61 Å². The van der Waals surface area contributed by atoms with Crippen LogP contribution in [-0.4, -0.2) is 36.3 Å². The number of halogens is 2. The maximum absolute atomic E-state index is 12.1. The number of likely N-dealkylation sites (tertiary alicyclic amines) is 1. The van der Waals surface area contributed by atoms with E-state index in [9.17, 15) is 18.4 Å². The lowest BCUT2D eigenvalue weighted by Gasteiger charge is -2.26. The number of piperidine rings is 1. The molecule has 0 aliphatic carbocycles. The van der Waals surface area contributed by atoms with Crippen LogP contribution in [0.2, 0.25) is 0 Å². The van der Waals surface area contributed by atoms with Crippen molar-refractivity contribution in [3.63, 3.8) is 0 Å². The van der Waals surface area contributed by atoms with Gasteiger partial charge in [-0.1, -0.05) is 0 Å². The summed E-state index contributed by atoms with van der Waals surface area (Å²) in [7, 11) is 0. The van der Waals surface area contributed by atoms with Crippen LogP contribution in [0, 0.1) is 0 Å². The van der Waals surface area contributed by atoms with Gasteiger partial charge in [-0.3, -0.25) is 9.59 Å². The Hall–Kier alpha value is -1.98. The Bertz CT molecular complexity index is 463. The lowest BCUT2D eigenvalue weighted by Crippen LogP contribution is -2.38. The summed E-state index contributed by atoms with van der Waals surface area (Å²) < 4.78 is 28.2. The topological polar surface area (TPSA) is 46.6 Å². The average molecular weight is 269 g/mol. The second kappa shape index (κ2) is 5.77. The Kier molecular flexibility index (Phi) is 4.09. The summed E-state index contributed by atoms with van der Waals surface area (Å²) in [6, 6.07) is 5.54. The molecule has 19 heavy (non-hydrogen) atoms. The first kappa shape index (κ1) is 13.5. The van der Waals surface area contributed by atoms with Crippen molar-refractivity contribution in [1.82, 2.24) is 4.90 Å². The van der Waals surface area contributed by atoms with Crippen molar-refractivity contribution < 1.29 is 23.1 Å². The van der Waals surface area contributed by atoms with Crippen LogP contribution in [0.1, 0.15) is 23.2 Å². The number of amides is 1. The molecule has 1 heterocycles. The van der Waals surface area contributed by atoms with Gasteiger partial charge in [-0.15, -0.1) is 0 Å². The van der Waals surface area contributed by atoms with Crippen molar-refractivity contribution in [3.05, 3.63) is 29.8 Å². The molecule has 0 atom stereocenters. The van der Waals surface area contributed by atoms with Crippen molar-refractivity contribution in [2.24, 2.45) is 0 Å². The predicted octanol–water partition coefficient (Wildman–Crippen LogP) is 2.09. The van der Waals surface area contributed by atoms with Gasteiger partial charge in [-0.2, -0.15) is 8.78 Å². The molecule has 0 radical (unpaired) electrons. The molecule has 1 aromatic carbocycles. The fraction of sp³-hybridized carbons (Fsp3) is 0.385. The normalized spacial score (nSPS) is 15.7. The first-order valence-electron chi connectivity index (χ1n) is 5.92. The van der Waals surface area contributed by atoms with E-state index in [0.29, 0.717) is 31.5 Å². The van der Waals surface area contributed by atoms with Crippen LogP contribution in [0.15, 0.2) is 24.3 Å². The van der Waals surface area contributed by atoms with E-state index >= 15 is 0 Å². The van der Waals surface area contributed by atoms with Gasteiger partial charge in [0.1, 0.15) is 11.5 Å². The Labute approximate surface area is 109 Å². The Morgan fingerprint density at radius 1 is 1.16 bits per heavy atom. The number of nitrogens with zero attached hydrogens (tertiary/aromatic N) is 1. The Morgan fingerprint density at radius 3 is 2.26 bits per heavy atom. The molecule has 0 bridgehead atoms. The Morgan fingerprint density at radius 2 is 1.74 bits per heavy atom. The molecular formula is C13H13F2NO3. The van der Waals surface area contributed by atoms with Crippen LogP contribution < -0.4 is 4.74 Å². The van der Waals surface area contributed by atoms with Crippen LogP contribution in [0.4, 0.5) is 8.78 Å². The van der Waals surface area contributed by atoms with Gasteiger partial charge >= 0.3 is 6.61 Å². The lowest BCUT2D eigenvalue weighted by atomic mass is 10.1. The molecule has 0 saturated carbocycles. The zero-order chi connectivity index (χ0) is 13.8. The number of rotatable bonds is 3. The fourth-order valence-corrected chi connectivity index (χ4v) is 1.92. The number of hydrogen-bond donors (Lipinski definition) is 0. The lowest BCUT2D eigenvalue weighted by molar-refractivity contribution is -0.120. The van der Waals surface area contributed by atoms with Crippen molar-refractivity contribution in [1.29, 1.82) is 0 Å². The third kappa shape index (κ3) is 3.49. The number of ketones is 1. The number of carbonyl (C=O) groups excluding carboxylic acids is 2. The summed E-state index contributed by atoms with van der Waals surface area (Å²) in [5, 5.41) is 0. The maximum atomic E-state index is 12.1. The van der Waals surface area contributed by atoms with E-state index in [-0.39, 0.29) is 17.4 Å². The van der Waals surface area contributed by atoms with Crippen LogP contribution in [0.25, 0.3) is 0 Å². The molecule has 2 rings (SSSR count). The minimum Gasteiger partial charge on any atom is -0.435 e. The first-order valence-corrected chi connectivity index (χ1v) is 5.92. The van der Waals surface area contributed by atoms with Crippen molar-refractivity contribution in [2.75, 3.05) is 13.1 Å². The standard InChI is InChI=1S/C13H13F2NO3/c14-13(15)19-11-3-1-9(2-4-11)12(18)16-7-5-10(17)6-8-16/h1-4,13H,5-8H2. The van der Waals surface area contributed by atoms with E-state index in [1.54, 1.807) is 4.90 Å². The smallest absolute Gasteiger partial charge is 0.387 e. The highest BCUT2D eigenvalue weighted by molar-refractivity contribution is 5.95. The van der Waals surface area contributed by atoms with Crippen LogP contribution in [0.5, 0.6) is 5.75 Å².